The van der Waals surface area contributed by atoms with Gasteiger partial charge in [0.2, 0.25) is 0 Å². The van der Waals surface area contributed by atoms with E-state index >= 15 is 0 Å². The fourth-order valence-electron chi connectivity index (χ4n) is 2.59. The van der Waals surface area contributed by atoms with E-state index in [0.29, 0.717) is 5.75 Å². The minimum absolute atomic E-state index is 0.257. The van der Waals surface area contributed by atoms with Crippen LogP contribution >= 0.6 is 0 Å². The normalized spacial score (nSPS) is 16.0. The molecular formula is C17H17NO2. The Kier molecular flexibility index (Phi) is 3.42. The molecule has 20 heavy (non-hydrogen) atoms. The number of rotatable bonds is 3. The molecular weight excluding hydrogens is 250 g/mol. The lowest BCUT2D eigenvalue weighted by molar-refractivity contribution is 0.149. The lowest BCUT2D eigenvalue weighted by Gasteiger charge is -2.42. The van der Waals surface area contributed by atoms with Crippen molar-refractivity contribution in [3.8, 4) is 5.75 Å². The van der Waals surface area contributed by atoms with E-state index in [1.165, 1.54) is 0 Å². The summed E-state index contributed by atoms with van der Waals surface area (Å²) in [6.45, 7) is 0. The molecule has 0 bridgehead atoms. The first-order valence-corrected chi connectivity index (χ1v) is 6.89. The maximum absolute atomic E-state index is 12.1. The molecule has 1 aliphatic carbocycles. The highest BCUT2D eigenvalue weighted by Gasteiger charge is 2.40. The number of nitrogens with one attached hydrogen (secondary N) is 1. The van der Waals surface area contributed by atoms with Gasteiger partial charge in [-0.3, -0.25) is 0 Å². The summed E-state index contributed by atoms with van der Waals surface area (Å²) >= 11 is 0. The number of para-hydroxylation sites is 1. The van der Waals surface area contributed by atoms with Crippen LogP contribution in [0.5, 0.6) is 5.75 Å². The van der Waals surface area contributed by atoms with Crippen molar-refractivity contribution in [1.82, 2.24) is 5.32 Å². The van der Waals surface area contributed by atoms with Gasteiger partial charge >= 0.3 is 6.09 Å². The van der Waals surface area contributed by atoms with E-state index in [1.54, 1.807) is 12.1 Å². The monoisotopic (exact) mass is 267 g/mol. The van der Waals surface area contributed by atoms with E-state index in [9.17, 15) is 4.79 Å². The highest BCUT2D eigenvalue weighted by atomic mass is 16.6. The zero-order valence-electron chi connectivity index (χ0n) is 11.2. The quantitative estimate of drug-likeness (QED) is 0.917. The number of carbonyl (C=O) groups is 1. The molecule has 102 valence electrons. The van der Waals surface area contributed by atoms with Gasteiger partial charge in [0.15, 0.2) is 0 Å². The zero-order valence-corrected chi connectivity index (χ0v) is 11.2. The minimum atomic E-state index is -0.389. The Labute approximate surface area is 118 Å². The molecule has 3 heteroatoms. The summed E-state index contributed by atoms with van der Waals surface area (Å²) in [6.07, 6.45) is 2.65. The van der Waals surface area contributed by atoms with Crippen LogP contribution < -0.4 is 10.1 Å². The predicted molar refractivity (Wildman–Crippen MR) is 77.6 cm³/mol. The van der Waals surface area contributed by atoms with E-state index < -0.39 is 0 Å². The largest absolute Gasteiger partial charge is 0.413 e. The molecule has 1 aliphatic rings. The second-order valence-electron chi connectivity index (χ2n) is 5.13. The highest BCUT2D eigenvalue weighted by molar-refractivity contribution is 5.72. The average Bonchev–Trinajstić information content (AvgIpc) is 2.45. The molecule has 0 atom stereocenters. The van der Waals surface area contributed by atoms with Crippen molar-refractivity contribution in [2.24, 2.45) is 0 Å². The molecule has 0 aliphatic heterocycles. The smallest absolute Gasteiger partial charge is 0.410 e. The van der Waals surface area contributed by atoms with Crippen LogP contribution in [0.3, 0.4) is 0 Å². The number of hydrogen-bond donors (Lipinski definition) is 1. The molecule has 0 unspecified atom stereocenters. The summed E-state index contributed by atoms with van der Waals surface area (Å²) < 4.78 is 5.32. The van der Waals surface area contributed by atoms with Gasteiger partial charge in [-0.2, -0.15) is 0 Å². The van der Waals surface area contributed by atoms with E-state index in [0.717, 1.165) is 24.8 Å². The SMILES string of the molecule is O=C(NC1(c2ccccc2)CCC1)Oc1ccccc1. The maximum Gasteiger partial charge on any atom is 0.413 e. The van der Waals surface area contributed by atoms with E-state index in [1.807, 2.05) is 36.4 Å². The molecule has 1 N–H and O–H groups in total. The minimum Gasteiger partial charge on any atom is -0.410 e. The topological polar surface area (TPSA) is 38.3 Å². The number of hydrogen-bond acceptors (Lipinski definition) is 2. The number of amides is 1. The van der Waals surface area contributed by atoms with Crippen molar-refractivity contribution >= 4 is 6.09 Å². The summed E-state index contributed by atoms with van der Waals surface area (Å²) in [6, 6.07) is 19.2. The first-order chi connectivity index (χ1) is 9.78. The molecule has 0 saturated heterocycles. The summed E-state index contributed by atoms with van der Waals surface area (Å²) in [5.41, 5.74) is 0.892. The van der Waals surface area contributed by atoms with Crippen molar-refractivity contribution in [3.05, 3.63) is 66.2 Å². The molecule has 2 aromatic rings. The molecule has 0 aromatic heterocycles. The summed E-state index contributed by atoms with van der Waals surface area (Å²) in [7, 11) is 0. The van der Waals surface area contributed by atoms with E-state index in [2.05, 4.69) is 17.4 Å². The lowest BCUT2D eigenvalue weighted by atomic mass is 9.72. The Balaban J connectivity index is 1.71. The van der Waals surface area contributed by atoms with Crippen LogP contribution in [0.25, 0.3) is 0 Å². The van der Waals surface area contributed by atoms with Gasteiger partial charge in [-0.05, 0) is 37.0 Å². The van der Waals surface area contributed by atoms with Crippen LogP contribution in [-0.2, 0) is 5.54 Å². The fraction of sp³-hybridized carbons (Fsp3) is 0.235. The molecule has 2 aromatic carbocycles. The van der Waals surface area contributed by atoms with Gasteiger partial charge < -0.3 is 10.1 Å². The Hall–Kier alpha value is -2.29. The zero-order chi connectivity index (χ0) is 13.8. The molecule has 0 heterocycles. The van der Waals surface area contributed by atoms with Gasteiger partial charge in [-0.1, -0.05) is 48.5 Å². The van der Waals surface area contributed by atoms with E-state index in [-0.39, 0.29) is 11.6 Å². The third-order valence-electron chi connectivity index (χ3n) is 3.83. The molecule has 0 spiro atoms. The van der Waals surface area contributed by atoms with Gasteiger partial charge in [0.05, 0.1) is 5.54 Å². The summed E-state index contributed by atoms with van der Waals surface area (Å²) in [4.78, 5) is 12.1. The van der Waals surface area contributed by atoms with Crippen molar-refractivity contribution < 1.29 is 9.53 Å². The number of ether oxygens (including phenoxy) is 1. The van der Waals surface area contributed by atoms with Crippen molar-refractivity contribution in [3.63, 3.8) is 0 Å². The first kappa shape index (κ1) is 12.7. The van der Waals surface area contributed by atoms with Gasteiger partial charge in [0, 0.05) is 0 Å². The van der Waals surface area contributed by atoms with Crippen LogP contribution in [0.4, 0.5) is 4.79 Å². The second-order valence-corrected chi connectivity index (χ2v) is 5.13. The Morgan fingerprint density at radius 3 is 2.10 bits per heavy atom. The van der Waals surface area contributed by atoms with E-state index in [4.69, 9.17) is 4.74 Å². The lowest BCUT2D eigenvalue weighted by Crippen LogP contribution is -2.51. The Bertz CT molecular complexity index is 576. The van der Waals surface area contributed by atoms with Crippen LogP contribution in [0.15, 0.2) is 60.7 Å². The third kappa shape index (κ3) is 2.52. The second kappa shape index (κ2) is 5.37. The van der Waals surface area contributed by atoms with Gasteiger partial charge in [-0.15, -0.1) is 0 Å². The van der Waals surface area contributed by atoms with Gasteiger partial charge in [-0.25, -0.2) is 4.79 Å². The fourth-order valence-corrected chi connectivity index (χ4v) is 2.59. The Morgan fingerprint density at radius 1 is 0.950 bits per heavy atom. The van der Waals surface area contributed by atoms with Crippen molar-refractivity contribution in [2.45, 2.75) is 24.8 Å². The third-order valence-corrected chi connectivity index (χ3v) is 3.83. The van der Waals surface area contributed by atoms with Crippen LogP contribution in [0.2, 0.25) is 0 Å². The molecule has 3 rings (SSSR count). The average molecular weight is 267 g/mol. The number of carbonyl (C=O) groups excluding carboxylic acids is 1. The number of benzene rings is 2. The maximum atomic E-state index is 12.1. The van der Waals surface area contributed by atoms with Crippen LogP contribution in [0, 0.1) is 0 Å². The highest BCUT2D eigenvalue weighted by Crippen LogP contribution is 2.41. The van der Waals surface area contributed by atoms with Crippen LogP contribution in [-0.4, -0.2) is 6.09 Å². The van der Waals surface area contributed by atoms with Crippen molar-refractivity contribution in [2.75, 3.05) is 0 Å². The van der Waals surface area contributed by atoms with Gasteiger partial charge in [0.25, 0.3) is 0 Å². The Morgan fingerprint density at radius 2 is 1.55 bits per heavy atom. The molecule has 3 nitrogen and oxygen atoms in total. The summed E-state index contributed by atoms with van der Waals surface area (Å²) in [5, 5.41) is 3.03. The molecule has 0 radical (unpaired) electrons. The molecule has 1 fully saturated rings. The van der Waals surface area contributed by atoms with Crippen LogP contribution in [0.1, 0.15) is 24.8 Å². The summed E-state index contributed by atoms with van der Waals surface area (Å²) in [5.74, 6) is 0.563. The molecule has 1 amide bonds. The van der Waals surface area contributed by atoms with Crippen molar-refractivity contribution in [1.29, 1.82) is 0 Å². The standard InChI is InChI=1S/C17H17NO2/c19-16(20-15-10-5-2-6-11-15)18-17(12-7-13-17)14-8-3-1-4-9-14/h1-6,8-11H,7,12-13H2,(H,18,19). The first-order valence-electron chi connectivity index (χ1n) is 6.89. The van der Waals surface area contributed by atoms with Gasteiger partial charge in [0.1, 0.15) is 5.75 Å². The predicted octanol–water partition coefficient (Wildman–Crippen LogP) is 3.85. The molecule has 1 saturated carbocycles.